The molecule has 0 N–H and O–H groups in total. The fourth-order valence-electron chi connectivity index (χ4n) is 1.95. The topological polar surface area (TPSA) is 69.4 Å². The highest BCUT2D eigenvalue weighted by Crippen LogP contribution is 2.23. The van der Waals surface area contributed by atoms with Gasteiger partial charge < -0.3 is 4.74 Å². The number of ether oxygens (including phenoxy) is 1. The van der Waals surface area contributed by atoms with Crippen molar-refractivity contribution in [1.29, 1.82) is 0 Å². The minimum atomic E-state index is -0.850. The Labute approximate surface area is 110 Å². The molecule has 0 aromatic heterocycles. The van der Waals surface area contributed by atoms with E-state index in [2.05, 4.69) is 0 Å². The Morgan fingerprint density at radius 2 is 1.95 bits per heavy atom. The molecule has 0 saturated heterocycles. The maximum atomic E-state index is 11.0. The maximum absolute atomic E-state index is 11.0. The molecule has 0 aliphatic heterocycles. The molecule has 0 aliphatic rings. The van der Waals surface area contributed by atoms with Gasteiger partial charge in [-0.05, 0) is 22.4 Å². The number of carbonyl (C=O) groups excluding carboxylic acids is 1. The van der Waals surface area contributed by atoms with Gasteiger partial charge in [0.2, 0.25) is 6.54 Å². The summed E-state index contributed by atoms with van der Waals surface area (Å²) in [6.07, 6.45) is -0.850. The van der Waals surface area contributed by atoms with Crippen molar-refractivity contribution in [2.24, 2.45) is 0 Å². The Balaban J connectivity index is 2.37. The summed E-state index contributed by atoms with van der Waals surface area (Å²) in [6, 6.07) is 13.1. The van der Waals surface area contributed by atoms with Crippen LogP contribution < -0.4 is 0 Å². The molecule has 0 bridgehead atoms. The predicted molar refractivity (Wildman–Crippen MR) is 70.3 cm³/mol. The van der Waals surface area contributed by atoms with E-state index in [0.29, 0.717) is 5.56 Å². The summed E-state index contributed by atoms with van der Waals surface area (Å²) >= 11 is 0. The summed E-state index contributed by atoms with van der Waals surface area (Å²) < 4.78 is 5.02. The lowest BCUT2D eigenvalue weighted by atomic mass is 10.0. The number of nitrogens with zero attached hydrogens (tertiary/aromatic N) is 1. The van der Waals surface area contributed by atoms with Crippen LogP contribution in [0.1, 0.15) is 18.6 Å². The maximum Gasteiger partial charge on any atom is 0.303 e. The molecule has 0 spiro atoms. The van der Waals surface area contributed by atoms with E-state index in [1.165, 1.54) is 6.92 Å². The lowest BCUT2D eigenvalue weighted by Crippen LogP contribution is -2.18. The van der Waals surface area contributed by atoms with Gasteiger partial charge in [-0.3, -0.25) is 14.9 Å². The lowest BCUT2D eigenvalue weighted by Gasteiger charge is -2.14. The molecule has 0 fully saturated rings. The van der Waals surface area contributed by atoms with Crippen LogP contribution in [0.4, 0.5) is 0 Å². The molecule has 0 heterocycles. The third kappa shape index (κ3) is 3.28. The number of hydrogen-bond acceptors (Lipinski definition) is 4. The molecule has 5 nitrogen and oxygen atoms in total. The van der Waals surface area contributed by atoms with Gasteiger partial charge in [0.05, 0.1) is 0 Å². The van der Waals surface area contributed by atoms with Gasteiger partial charge in [-0.1, -0.05) is 36.4 Å². The van der Waals surface area contributed by atoms with E-state index in [-0.39, 0.29) is 0 Å². The van der Waals surface area contributed by atoms with Crippen LogP contribution in [0.3, 0.4) is 0 Å². The van der Waals surface area contributed by atoms with Gasteiger partial charge in [-0.15, -0.1) is 0 Å². The van der Waals surface area contributed by atoms with E-state index >= 15 is 0 Å². The van der Waals surface area contributed by atoms with Gasteiger partial charge in [0, 0.05) is 11.8 Å². The third-order valence-corrected chi connectivity index (χ3v) is 2.77. The third-order valence-electron chi connectivity index (χ3n) is 2.77. The van der Waals surface area contributed by atoms with Gasteiger partial charge in [0.1, 0.15) is 0 Å². The van der Waals surface area contributed by atoms with Gasteiger partial charge in [0.25, 0.3) is 0 Å². The number of fused-ring (bicyclic) bond motifs is 1. The zero-order valence-corrected chi connectivity index (χ0v) is 10.4. The zero-order valence-electron chi connectivity index (χ0n) is 10.4. The molecule has 19 heavy (non-hydrogen) atoms. The molecule has 0 radical (unpaired) electrons. The first kappa shape index (κ1) is 13.0. The number of hydrogen-bond donors (Lipinski definition) is 0. The Morgan fingerprint density at radius 1 is 1.26 bits per heavy atom. The smallest absolute Gasteiger partial charge is 0.303 e. The number of rotatable bonds is 4. The molecular formula is C14H13NO4. The number of carbonyl (C=O) groups is 1. The lowest BCUT2D eigenvalue weighted by molar-refractivity contribution is -0.491. The van der Waals surface area contributed by atoms with Crippen molar-refractivity contribution in [3.05, 3.63) is 58.1 Å². The molecule has 2 aromatic rings. The average molecular weight is 259 g/mol. The summed E-state index contributed by atoms with van der Waals surface area (Å²) in [4.78, 5) is 21.2. The highest BCUT2D eigenvalue weighted by atomic mass is 16.6. The number of benzene rings is 2. The fraction of sp³-hybridized carbons (Fsp3) is 0.214. The van der Waals surface area contributed by atoms with Crippen LogP contribution in [-0.2, 0) is 9.53 Å². The zero-order chi connectivity index (χ0) is 13.8. The van der Waals surface area contributed by atoms with Crippen LogP contribution in [0, 0.1) is 10.1 Å². The van der Waals surface area contributed by atoms with E-state index in [0.717, 1.165) is 10.8 Å². The van der Waals surface area contributed by atoms with Crippen molar-refractivity contribution in [3.63, 3.8) is 0 Å². The predicted octanol–water partition coefficient (Wildman–Crippen LogP) is 2.72. The Morgan fingerprint density at radius 3 is 2.58 bits per heavy atom. The minimum absolute atomic E-state index is 0.433. The molecule has 98 valence electrons. The van der Waals surface area contributed by atoms with Crippen LogP contribution in [0.5, 0.6) is 0 Å². The first-order valence-corrected chi connectivity index (χ1v) is 5.84. The van der Waals surface area contributed by atoms with Crippen molar-refractivity contribution < 1.29 is 14.5 Å². The van der Waals surface area contributed by atoms with Crippen LogP contribution in [0.15, 0.2) is 42.5 Å². The van der Waals surface area contributed by atoms with Gasteiger partial charge in [-0.25, -0.2) is 0 Å². The number of nitro groups is 1. The van der Waals surface area contributed by atoms with Gasteiger partial charge in [0.15, 0.2) is 6.10 Å². The largest absolute Gasteiger partial charge is 0.451 e. The minimum Gasteiger partial charge on any atom is -0.451 e. The summed E-state index contributed by atoms with van der Waals surface area (Å²) in [6.45, 7) is 0.811. The monoisotopic (exact) mass is 259 g/mol. The van der Waals surface area contributed by atoms with Crippen LogP contribution in [0.25, 0.3) is 10.8 Å². The Bertz CT molecular complexity index is 608. The van der Waals surface area contributed by atoms with Crippen molar-refractivity contribution in [3.8, 4) is 0 Å². The molecule has 0 amide bonds. The summed E-state index contributed by atoms with van der Waals surface area (Å²) in [5, 5.41) is 12.6. The standard InChI is InChI=1S/C14H13NO4/c1-10(16)19-14(9-15(17)18)13-7-6-11-4-2-3-5-12(11)8-13/h2-8,14H,9H2,1H3. The second-order valence-electron chi connectivity index (χ2n) is 4.22. The molecule has 2 aromatic carbocycles. The normalized spacial score (nSPS) is 12.1. The highest BCUT2D eigenvalue weighted by molar-refractivity contribution is 5.83. The second kappa shape index (κ2) is 5.48. The number of esters is 1. The summed E-state index contributed by atoms with van der Waals surface area (Å²) in [7, 11) is 0. The first-order chi connectivity index (χ1) is 9.06. The SMILES string of the molecule is CC(=O)OC(C[N+](=O)[O-])c1ccc2ccccc2c1. The summed E-state index contributed by atoms with van der Waals surface area (Å²) in [5.41, 5.74) is 0.630. The second-order valence-corrected chi connectivity index (χ2v) is 4.22. The van der Waals surface area contributed by atoms with Crippen molar-refractivity contribution >= 4 is 16.7 Å². The van der Waals surface area contributed by atoms with Gasteiger partial charge in [-0.2, -0.15) is 0 Å². The molecule has 0 aliphatic carbocycles. The molecular weight excluding hydrogens is 246 g/mol. The van der Waals surface area contributed by atoms with E-state index in [9.17, 15) is 14.9 Å². The molecule has 1 unspecified atom stereocenters. The highest BCUT2D eigenvalue weighted by Gasteiger charge is 2.21. The van der Waals surface area contributed by atoms with E-state index in [1.54, 1.807) is 6.07 Å². The van der Waals surface area contributed by atoms with E-state index in [4.69, 9.17) is 4.74 Å². The van der Waals surface area contributed by atoms with Crippen molar-refractivity contribution in [2.45, 2.75) is 13.0 Å². The average Bonchev–Trinajstić information content (AvgIpc) is 2.36. The molecule has 0 saturated carbocycles. The molecule has 5 heteroatoms. The Hall–Kier alpha value is -2.43. The molecule has 2 rings (SSSR count). The van der Waals surface area contributed by atoms with Crippen LogP contribution >= 0.6 is 0 Å². The van der Waals surface area contributed by atoms with Gasteiger partial charge >= 0.3 is 5.97 Å². The van der Waals surface area contributed by atoms with Crippen molar-refractivity contribution in [1.82, 2.24) is 0 Å². The van der Waals surface area contributed by atoms with E-state index < -0.39 is 23.5 Å². The first-order valence-electron chi connectivity index (χ1n) is 5.84. The fourth-order valence-corrected chi connectivity index (χ4v) is 1.95. The van der Waals surface area contributed by atoms with Crippen LogP contribution in [0.2, 0.25) is 0 Å². The Kier molecular flexibility index (Phi) is 3.75. The van der Waals surface area contributed by atoms with Crippen molar-refractivity contribution in [2.75, 3.05) is 6.54 Å². The van der Waals surface area contributed by atoms with E-state index in [1.807, 2.05) is 36.4 Å². The summed E-state index contributed by atoms with van der Waals surface area (Å²) in [5.74, 6) is -0.528. The molecule has 1 atom stereocenters. The van der Waals surface area contributed by atoms with Crippen LogP contribution in [-0.4, -0.2) is 17.4 Å². The quantitative estimate of drug-likeness (QED) is 0.481.